The monoisotopic (exact) mass is 299 g/mol. The highest BCUT2D eigenvalue weighted by Gasteiger charge is 2.41. The van der Waals surface area contributed by atoms with Crippen LogP contribution in [0.25, 0.3) is 11.0 Å². The molecule has 2 rings (SSSR count). The maximum atomic E-state index is 13.3. The summed E-state index contributed by atoms with van der Waals surface area (Å²) in [6.07, 6.45) is -3.86. The molecule has 0 aliphatic rings. The summed E-state index contributed by atoms with van der Waals surface area (Å²) >= 11 is 5.50. The fourth-order valence-electron chi connectivity index (χ4n) is 1.58. The van der Waals surface area contributed by atoms with E-state index in [-0.39, 0.29) is 16.1 Å². The molecule has 104 valence electrons. The van der Waals surface area contributed by atoms with E-state index < -0.39 is 30.7 Å². The van der Waals surface area contributed by atoms with Gasteiger partial charge in [0.05, 0.1) is 22.6 Å². The van der Waals surface area contributed by atoms with Crippen molar-refractivity contribution in [3.63, 3.8) is 0 Å². The van der Waals surface area contributed by atoms with Crippen LogP contribution in [0.3, 0.4) is 0 Å². The van der Waals surface area contributed by atoms with Crippen LogP contribution in [0.15, 0.2) is 12.1 Å². The van der Waals surface area contributed by atoms with Crippen LogP contribution in [0.2, 0.25) is 5.02 Å². The number of nitrogen functional groups attached to an aromatic ring is 1. The lowest BCUT2D eigenvalue weighted by atomic mass is 10.3. The molecule has 0 saturated carbocycles. The van der Waals surface area contributed by atoms with E-state index in [1.165, 1.54) is 0 Å². The van der Waals surface area contributed by atoms with Gasteiger partial charge in [-0.3, -0.25) is 0 Å². The predicted octanol–water partition coefficient (Wildman–Crippen LogP) is 3.31. The van der Waals surface area contributed by atoms with Crippen molar-refractivity contribution in [2.45, 2.75) is 18.9 Å². The molecule has 19 heavy (non-hydrogen) atoms. The van der Waals surface area contributed by atoms with Gasteiger partial charge in [-0.25, -0.2) is 18.2 Å². The lowest BCUT2D eigenvalue weighted by Crippen LogP contribution is -2.32. The van der Waals surface area contributed by atoms with Crippen molar-refractivity contribution in [3.05, 3.63) is 23.0 Å². The number of hydrogen-bond acceptors (Lipinski definition) is 2. The van der Waals surface area contributed by atoms with E-state index in [0.717, 1.165) is 12.1 Å². The number of hydrogen-bond donors (Lipinski definition) is 1. The molecule has 0 spiro atoms. The summed E-state index contributed by atoms with van der Waals surface area (Å²) in [6, 6.07) is 1.90. The van der Waals surface area contributed by atoms with Gasteiger partial charge >= 0.3 is 12.3 Å². The minimum absolute atomic E-state index is 0.0500. The molecular weight excluding hydrogens is 293 g/mol. The Bertz CT molecular complexity index is 625. The summed E-state index contributed by atoms with van der Waals surface area (Å²) < 4.78 is 64.3. The highest BCUT2D eigenvalue weighted by molar-refractivity contribution is 6.31. The Hall–Kier alpha value is -1.57. The van der Waals surface area contributed by atoms with Crippen LogP contribution in [-0.2, 0) is 6.54 Å². The van der Waals surface area contributed by atoms with Crippen LogP contribution in [-0.4, -0.2) is 21.9 Å². The summed E-state index contributed by atoms with van der Waals surface area (Å²) in [5, 5.41) is -0.266. The van der Waals surface area contributed by atoms with Crippen LogP contribution < -0.4 is 5.73 Å². The first-order valence-corrected chi connectivity index (χ1v) is 5.37. The molecule has 0 fully saturated rings. The topological polar surface area (TPSA) is 43.8 Å². The summed E-state index contributed by atoms with van der Waals surface area (Å²) in [5.41, 5.74) is 5.29. The average molecular weight is 300 g/mol. The van der Waals surface area contributed by atoms with Gasteiger partial charge in [-0.05, 0) is 6.07 Å². The van der Waals surface area contributed by atoms with Crippen molar-refractivity contribution < 1.29 is 22.0 Å². The van der Waals surface area contributed by atoms with Gasteiger partial charge in [0.25, 0.3) is 0 Å². The zero-order chi connectivity index (χ0) is 14.4. The second-order valence-corrected chi connectivity index (χ2v) is 4.28. The minimum Gasteiger partial charge on any atom is -0.369 e. The molecule has 0 aliphatic heterocycles. The molecule has 0 aliphatic carbocycles. The second kappa shape index (κ2) is 4.52. The van der Waals surface area contributed by atoms with Gasteiger partial charge in [0.2, 0.25) is 5.95 Å². The fourth-order valence-corrected chi connectivity index (χ4v) is 1.74. The Morgan fingerprint density at radius 2 is 2.00 bits per heavy atom. The molecule has 0 saturated heterocycles. The van der Waals surface area contributed by atoms with E-state index in [9.17, 15) is 22.0 Å². The number of imidazole rings is 1. The Morgan fingerprint density at radius 1 is 1.37 bits per heavy atom. The first kappa shape index (κ1) is 13.9. The van der Waals surface area contributed by atoms with Gasteiger partial charge in [-0.1, -0.05) is 11.6 Å². The van der Waals surface area contributed by atoms with E-state index in [1.54, 1.807) is 0 Å². The number of rotatable bonds is 3. The minimum atomic E-state index is -4.29. The highest BCUT2D eigenvalue weighted by atomic mass is 35.5. The average Bonchev–Trinajstić information content (AvgIpc) is 2.56. The van der Waals surface area contributed by atoms with Crippen LogP contribution in [0.5, 0.6) is 0 Å². The predicted molar refractivity (Wildman–Crippen MR) is 60.1 cm³/mol. The molecule has 0 amide bonds. The quantitative estimate of drug-likeness (QED) is 0.884. The van der Waals surface area contributed by atoms with Gasteiger partial charge in [0, 0.05) is 6.07 Å². The van der Waals surface area contributed by atoms with Gasteiger partial charge in [-0.2, -0.15) is 8.78 Å². The smallest absolute Gasteiger partial charge is 0.324 e. The molecule has 0 radical (unpaired) electrons. The van der Waals surface area contributed by atoms with Crippen molar-refractivity contribution >= 4 is 28.6 Å². The third kappa shape index (κ3) is 2.44. The number of fused-ring (bicyclic) bond motifs is 1. The lowest BCUT2D eigenvalue weighted by molar-refractivity contribution is -0.136. The normalized spacial score (nSPS) is 12.6. The maximum Gasteiger partial charge on any atom is 0.324 e. The summed E-state index contributed by atoms with van der Waals surface area (Å²) in [5.74, 6) is -5.59. The molecule has 2 N–H and O–H groups in total. The molecular formula is C10H7ClF5N3. The second-order valence-electron chi connectivity index (χ2n) is 3.87. The number of halogens is 6. The van der Waals surface area contributed by atoms with Gasteiger partial charge in [0.15, 0.2) is 0 Å². The fraction of sp³-hybridized carbons (Fsp3) is 0.300. The van der Waals surface area contributed by atoms with E-state index >= 15 is 0 Å². The van der Waals surface area contributed by atoms with E-state index in [2.05, 4.69) is 4.98 Å². The summed E-state index contributed by atoms with van der Waals surface area (Å²) in [4.78, 5) is 3.67. The molecule has 0 unspecified atom stereocenters. The van der Waals surface area contributed by atoms with Crippen molar-refractivity contribution in [1.29, 1.82) is 0 Å². The number of nitrogens with two attached hydrogens (primary N) is 1. The van der Waals surface area contributed by atoms with Crippen LogP contribution >= 0.6 is 11.6 Å². The van der Waals surface area contributed by atoms with Crippen molar-refractivity contribution in [3.8, 4) is 0 Å². The lowest BCUT2D eigenvalue weighted by Gasteiger charge is -2.17. The number of nitrogens with zero attached hydrogens (tertiary/aromatic N) is 2. The standard InChI is InChI=1S/C10H7ClF5N3/c11-4-1-6-7(2-5(4)12)19(9(17)18-6)3-10(15,16)8(13)14/h1-2,8H,3H2,(H2,17,18). The molecule has 9 heteroatoms. The highest BCUT2D eigenvalue weighted by Crippen LogP contribution is 2.30. The zero-order valence-corrected chi connectivity index (χ0v) is 9.93. The molecule has 1 heterocycles. The van der Waals surface area contributed by atoms with Crippen LogP contribution in [0.1, 0.15) is 0 Å². The van der Waals surface area contributed by atoms with Crippen LogP contribution in [0.4, 0.5) is 27.9 Å². The first-order chi connectivity index (χ1) is 8.72. The number of anilines is 1. The third-order valence-electron chi connectivity index (χ3n) is 2.51. The Kier molecular flexibility index (Phi) is 3.29. The largest absolute Gasteiger partial charge is 0.369 e. The SMILES string of the molecule is Nc1nc2cc(Cl)c(F)cc2n1CC(F)(F)C(F)F. The molecule has 1 aromatic carbocycles. The molecule has 2 aromatic rings. The first-order valence-electron chi connectivity index (χ1n) is 4.99. The molecule has 3 nitrogen and oxygen atoms in total. The Balaban J connectivity index is 2.54. The molecule has 0 atom stereocenters. The van der Waals surface area contributed by atoms with Crippen molar-refractivity contribution in [2.75, 3.05) is 5.73 Å². The Morgan fingerprint density at radius 3 is 2.58 bits per heavy atom. The van der Waals surface area contributed by atoms with E-state index in [1.807, 2.05) is 0 Å². The number of benzene rings is 1. The number of aromatic nitrogens is 2. The summed E-state index contributed by atoms with van der Waals surface area (Å²) in [7, 11) is 0. The van der Waals surface area contributed by atoms with Gasteiger partial charge in [0.1, 0.15) is 5.82 Å². The van der Waals surface area contributed by atoms with Gasteiger partial charge < -0.3 is 10.3 Å². The van der Waals surface area contributed by atoms with Crippen molar-refractivity contribution in [2.24, 2.45) is 0 Å². The van der Waals surface area contributed by atoms with Crippen LogP contribution in [0, 0.1) is 5.82 Å². The van der Waals surface area contributed by atoms with E-state index in [0.29, 0.717) is 4.57 Å². The molecule has 1 aromatic heterocycles. The van der Waals surface area contributed by atoms with E-state index in [4.69, 9.17) is 17.3 Å². The third-order valence-corrected chi connectivity index (χ3v) is 2.80. The zero-order valence-electron chi connectivity index (χ0n) is 9.18. The Labute approximate surface area is 108 Å². The molecule has 0 bridgehead atoms. The van der Waals surface area contributed by atoms with Gasteiger partial charge in [-0.15, -0.1) is 0 Å². The summed E-state index contributed by atoms with van der Waals surface area (Å²) in [6.45, 7) is -1.39. The van der Waals surface area contributed by atoms with Crippen molar-refractivity contribution in [1.82, 2.24) is 9.55 Å². The maximum absolute atomic E-state index is 13.3. The number of alkyl halides is 4.